The van der Waals surface area contributed by atoms with Crippen LogP contribution in [0.5, 0.6) is 5.75 Å². The minimum Gasteiger partial charge on any atom is -0.497 e. The van der Waals surface area contributed by atoms with Crippen molar-refractivity contribution >= 4 is 16.8 Å². The van der Waals surface area contributed by atoms with E-state index in [0.717, 1.165) is 37.2 Å². The number of carbonyl (C=O) groups excluding carboxylic acids is 1. The number of fused-ring (bicyclic) bond motifs is 1. The lowest BCUT2D eigenvalue weighted by Crippen LogP contribution is -2.38. The van der Waals surface area contributed by atoms with Crippen molar-refractivity contribution in [1.29, 1.82) is 0 Å². The number of hydrogen-bond acceptors (Lipinski definition) is 2. The van der Waals surface area contributed by atoms with Crippen molar-refractivity contribution in [3.05, 3.63) is 102 Å². The number of carbonyl (C=O) groups is 1. The number of methoxy groups -OCH3 is 1. The first-order chi connectivity index (χ1) is 16.2. The van der Waals surface area contributed by atoms with Gasteiger partial charge in [0.25, 0.3) is 0 Å². The second-order valence-corrected chi connectivity index (χ2v) is 8.89. The molecule has 33 heavy (non-hydrogen) atoms. The second kappa shape index (κ2) is 9.53. The molecule has 1 aliphatic rings. The Morgan fingerprint density at radius 2 is 1.61 bits per heavy atom. The van der Waals surface area contributed by atoms with E-state index in [0.29, 0.717) is 12.3 Å². The fourth-order valence-corrected chi connectivity index (χ4v) is 5.13. The van der Waals surface area contributed by atoms with E-state index in [2.05, 4.69) is 76.7 Å². The molecule has 0 aliphatic carbocycles. The predicted octanol–water partition coefficient (Wildman–Crippen LogP) is 6.10. The first-order valence-electron chi connectivity index (χ1n) is 11.8. The molecule has 2 heterocycles. The number of aromatic amines is 1. The lowest BCUT2D eigenvalue weighted by Gasteiger charge is -2.33. The molecule has 4 aromatic rings. The molecule has 4 heteroatoms. The van der Waals surface area contributed by atoms with Gasteiger partial charge in [-0.2, -0.15) is 0 Å². The smallest absolute Gasteiger partial charge is 0.223 e. The summed E-state index contributed by atoms with van der Waals surface area (Å²) in [5, 5.41) is 1.23. The zero-order valence-electron chi connectivity index (χ0n) is 19.0. The van der Waals surface area contributed by atoms with Crippen LogP contribution < -0.4 is 4.74 Å². The van der Waals surface area contributed by atoms with Crippen LogP contribution in [0.1, 0.15) is 47.8 Å². The third-order valence-corrected chi connectivity index (χ3v) is 6.99. The van der Waals surface area contributed by atoms with E-state index in [-0.39, 0.29) is 11.8 Å². The molecule has 0 atom stereocenters. The molecule has 4 nitrogen and oxygen atoms in total. The molecule has 1 N–H and O–H groups in total. The average Bonchev–Trinajstić information content (AvgIpc) is 3.31. The van der Waals surface area contributed by atoms with Crippen molar-refractivity contribution < 1.29 is 9.53 Å². The molecule has 1 amide bonds. The van der Waals surface area contributed by atoms with Gasteiger partial charge in [0.15, 0.2) is 0 Å². The average molecular weight is 439 g/mol. The zero-order chi connectivity index (χ0) is 22.6. The van der Waals surface area contributed by atoms with Gasteiger partial charge < -0.3 is 14.6 Å². The Balaban J connectivity index is 1.28. The highest BCUT2D eigenvalue weighted by Gasteiger charge is 2.28. The molecule has 1 fully saturated rings. The van der Waals surface area contributed by atoms with E-state index < -0.39 is 0 Å². The van der Waals surface area contributed by atoms with Gasteiger partial charge >= 0.3 is 0 Å². The maximum absolute atomic E-state index is 13.3. The van der Waals surface area contributed by atoms with Gasteiger partial charge in [-0.3, -0.25) is 4.79 Å². The standard InChI is InChI=1S/C29H30N2O2/c1-33-24-12-13-28-26(18-24)27(20-30-28)23-14-16-31(17-15-23)29(32)19-25(21-8-4-2-5-9-21)22-10-6-3-7-11-22/h2-13,18,20,23,25,30H,14-17,19H2,1H3. The van der Waals surface area contributed by atoms with Crippen LogP contribution in [0.4, 0.5) is 0 Å². The second-order valence-electron chi connectivity index (χ2n) is 8.89. The highest BCUT2D eigenvalue weighted by Crippen LogP contribution is 2.35. The Hall–Kier alpha value is -3.53. The van der Waals surface area contributed by atoms with Crippen molar-refractivity contribution in [2.24, 2.45) is 0 Å². The molecule has 0 spiro atoms. The quantitative estimate of drug-likeness (QED) is 0.395. The molecule has 0 radical (unpaired) electrons. The predicted molar refractivity (Wildman–Crippen MR) is 133 cm³/mol. The largest absolute Gasteiger partial charge is 0.497 e. The first kappa shape index (κ1) is 21.3. The summed E-state index contributed by atoms with van der Waals surface area (Å²) in [6.45, 7) is 1.60. The molecule has 5 rings (SSSR count). The van der Waals surface area contributed by atoms with Crippen molar-refractivity contribution in [3.8, 4) is 5.75 Å². The Kier molecular flexibility index (Phi) is 6.16. The monoisotopic (exact) mass is 438 g/mol. The molecule has 0 unspecified atom stereocenters. The van der Waals surface area contributed by atoms with Crippen LogP contribution in [0.3, 0.4) is 0 Å². The molecule has 0 bridgehead atoms. The number of H-pyrrole nitrogens is 1. The molecule has 1 aromatic heterocycles. The third-order valence-electron chi connectivity index (χ3n) is 6.99. The number of ether oxygens (including phenoxy) is 1. The van der Waals surface area contributed by atoms with Gasteiger partial charge in [-0.15, -0.1) is 0 Å². The molecular formula is C29H30N2O2. The highest BCUT2D eigenvalue weighted by atomic mass is 16.5. The lowest BCUT2D eigenvalue weighted by molar-refractivity contribution is -0.132. The number of nitrogens with one attached hydrogen (secondary N) is 1. The minimum absolute atomic E-state index is 0.0821. The first-order valence-corrected chi connectivity index (χ1v) is 11.8. The number of nitrogens with zero attached hydrogens (tertiary/aromatic N) is 1. The van der Waals surface area contributed by atoms with E-state index in [4.69, 9.17) is 4.74 Å². The van der Waals surface area contributed by atoms with Crippen molar-refractivity contribution in [3.63, 3.8) is 0 Å². The number of likely N-dealkylation sites (tertiary alicyclic amines) is 1. The number of rotatable bonds is 6. The summed E-state index contributed by atoms with van der Waals surface area (Å²) in [5.74, 6) is 1.66. The Morgan fingerprint density at radius 1 is 0.970 bits per heavy atom. The maximum atomic E-state index is 13.3. The van der Waals surface area contributed by atoms with E-state index in [9.17, 15) is 4.79 Å². The van der Waals surface area contributed by atoms with Crippen LogP contribution in [-0.2, 0) is 4.79 Å². The number of amides is 1. The third kappa shape index (κ3) is 4.51. The summed E-state index contributed by atoms with van der Waals surface area (Å²) in [4.78, 5) is 18.8. The Morgan fingerprint density at radius 3 is 2.21 bits per heavy atom. The topological polar surface area (TPSA) is 45.3 Å². The van der Waals surface area contributed by atoms with Crippen LogP contribution in [0, 0.1) is 0 Å². The van der Waals surface area contributed by atoms with Gasteiger partial charge in [0, 0.05) is 42.5 Å². The highest BCUT2D eigenvalue weighted by molar-refractivity contribution is 5.85. The van der Waals surface area contributed by atoms with Gasteiger partial charge in [-0.1, -0.05) is 60.7 Å². The molecule has 1 saturated heterocycles. The molecule has 3 aromatic carbocycles. The fourth-order valence-electron chi connectivity index (χ4n) is 5.13. The van der Waals surface area contributed by atoms with Crippen molar-refractivity contribution in [1.82, 2.24) is 9.88 Å². The normalized spacial score (nSPS) is 14.7. The Labute approximate surface area is 195 Å². The van der Waals surface area contributed by atoms with Crippen LogP contribution in [0.2, 0.25) is 0 Å². The van der Waals surface area contributed by atoms with Gasteiger partial charge in [0.1, 0.15) is 5.75 Å². The summed E-state index contributed by atoms with van der Waals surface area (Å²) in [7, 11) is 1.70. The summed E-state index contributed by atoms with van der Waals surface area (Å²) in [6.07, 6.45) is 4.60. The summed E-state index contributed by atoms with van der Waals surface area (Å²) >= 11 is 0. The number of piperidine rings is 1. The molecule has 0 saturated carbocycles. The van der Waals surface area contributed by atoms with Crippen molar-refractivity contribution in [2.75, 3.05) is 20.2 Å². The number of benzene rings is 3. The van der Waals surface area contributed by atoms with Crippen LogP contribution in [0.25, 0.3) is 10.9 Å². The molecular weight excluding hydrogens is 408 g/mol. The summed E-state index contributed by atoms with van der Waals surface area (Å²) in [6, 6.07) is 26.9. The van der Waals surface area contributed by atoms with E-state index in [1.54, 1.807) is 7.11 Å². The Bertz CT molecular complexity index is 1170. The minimum atomic E-state index is 0.0821. The van der Waals surface area contributed by atoms with Crippen molar-refractivity contribution in [2.45, 2.75) is 31.1 Å². The van der Waals surface area contributed by atoms with Gasteiger partial charge in [-0.05, 0) is 53.6 Å². The lowest BCUT2D eigenvalue weighted by atomic mass is 9.86. The number of hydrogen-bond donors (Lipinski definition) is 1. The fraction of sp³-hybridized carbons (Fsp3) is 0.276. The SMILES string of the molecule is COc1ccc2[nH]cc(C3CCN(C(=O)CC(c4ccccc4)c4ccccc4)CC3)c2c1. The van der Waals surface area contributed by atoms with Gasteiger partial charge in [-0.25, -0.2) is 0 Å². The van der Waals surface area contributed by atoms with Gasteiger partial charge in [0.2, 0.25) is 5.91 Å². The van der Waals surface area contributed by atoms with E-state index in [1.165, 1.54) is 22.1 Å². The summed E-state index contributed by atoms with van der Waals surface area (Å²) < 4.78 is 5.43. The summed E-state index contributed by atoms with van der Waals surface area (Å²) in [5.41, 5.74) is 4.86. The molecule has 1 aliphatic heterocycles. The molecule has 168 valence electrons. The van der Waals surface area contributed by atoms with Crippen LogP contribution in [0.15, 0.2) is 85.1 Å². The van der Waals surface area contributed by atoms with E-state index >= 15 is 0 Å². The number of aromatic nitrogens is 1. The zero-order valence-corrected chi connectivity index (χ0v) is 19.0. The van der Waals surface area contributed by atoms with Gasteiger partial charge in [0.05, 0.1) is 7.11 Å². The van der Waals surface area contributed by atoms with Crippen LogP contribution >= 0.6 is 0 Å². The van der Waals surface area contributed by atoms with E-state index in [1.807, 2.05) is 18.2 Å². The maximum Gasteiger partial charge on any atom is 0.223 e. The van der Waals surface area contributed by atoms with Crippen LogP contribution in [-0.4, -0.2) is 36.0 Å².